The highest BCUT2D eigenvalue weighted by Crippen LogP contribution is 2.36. The molecule has 1 saturated carbocycles. The van der Waals surface area contributed by atoms with E-state index in [1.807, 2.05) is 12.2 Å². The van der Waals surface area contributed by atoms with Crippen LogP contribution in [0.5, 0.6) is 5.75 Å². The molecular formula is C25H37ClN2O8. The molecule has 0 aliphatic heterocycles. The van der Waals surface area contributed by atoms with E-state index in [0.29, 0.717) is 36.5 Å². The number of aliphatic hydroxyl groups excluding tert-OH is 3. The van der Waals surface area contributed by atoms with Gasteiger partial charge in [-0.1, -0.05) is 42.0 Å². The van der Waals surface area contributed by atoms with E-state index in [1.165, 1.54) is 4.90 Å². The maximum atomic E-state index is 12.1. The van der Waals surface area contributed by atoms with Crippen LogP contribution in [0.25, 0.3) is 0 Å². The Morgan fingerprint density at radius 2 is 2.03 bits per heavy atom. The molecule has 5 atom stereocenters. The third-order valence-electron chi connectivity index (χ3n) is 6.08. The van der Waals surface area contributed by atoms with Gasteiger partial charge in [-0.05, 0) is 43.4 Å². The zero-order valence-electron chi connectivity index (χ0n) is 20.4. The number of ether oxygens (including phenoxy) is 1. The number of unbranched alkanes of at least 4 members (excludes halogenated alkanes) is 1. The summed E-state index contributed by atoms with van der Waals surface area (Å²) in [5.74, 6) is -0.00105. The molecular weight excluding hydrogens is 492 g/mol. The van der Waals surface area contributed by atoms with Gasteiger partial charge >= 0.3 is 0 Å². The van der Waals surface area contributed by atoms with E-state index >= 15 is 0 Å². The third-order valence-corrected chi connectivity index (χ3v) is 6.32. The molecule has 202 valence electrons. The molecule has 0 radical (unpaired) electrons. The van der Waals surface area contributed by atoms with Crippen LogP contribution in [0.3, 0.4) is 0 Å². The summed E-state index contributed by atoms with van der Waals surface area (Å²) in [5.41, 5.74) is 0. The van der Waals surface area contributed by atoms with E-state index in [0.717, 1.165) is 0 Å². The smallest absolute Gasteiger partial charge is 0.222 e. The van der Waals surface area contributed by atoms with Crippen LogP contribution in [-0.2, 0) is 9.63 Å². The average molecular weight is 529 g/mol. The van der Waals surface area contributed by atoms with E-state index in [-0.39, 0.29) is 49.3 Å². The summed E-state index contributed by atoms with van der Waals surface area (Å²) >= 11 is 5.92. The van der Waals surface area contributed by atoms with Crippen LogP contribution in [0.2, 0.25) is 5.02 Å². The molecule has 0 bridgehead atoms. The normalized spacial score (nSPS) is 23.1. The minimum Gasteiger partial charge on any atom is -0.491 e. The van der Waals surface area contributed by atoms with Gasteiger partial charge in [0.15, 0.2) is 0 Å². The van der Waals surface area contributed by atoms with E-state index in [1.54, 1.807) is 43.5 Å². The Labute approximate surface area is 216 Å². The van der Waals surface area contributed by atoms with E-state index in [4.69, 9.17) is 26.8 Å². The molecule has 2 rings (SSSR count). The van der Waals surface area contributed by atoms with Gasteiger partial charge in [0.05, 0.1) is 24.2 Å². The Bertz CT molecular complexity index is 853. The second kappa shape index (κ2) is 16.0. The lowest BCUT2D eigenvalue weighted by molar-refractivity contribution is -0.492. The Balaban J connectivity index is 1.73. The minimum absolute atomic E-state index is 0.0354. The van der Waals surface area contributed by atoms with Crippen molar-refractivity contribution in [3.63, 3.8) is 0 Å². The molecule has 36 heavy (non-hydrogen) atoms. The van der Waals surface area contributed by atoms with Gasteiger partial charge in [0, 0.05) is 37.4 Å². The molecule has 0 heterocycles. The Hall–Kier alpha value is -2.02. The van der Waals surface area contributed by atoms with Crippen molar-refractivity contribution in [3.05, 3.63) is 53.6 Å². The summed E-state index contributed by atoms with van der Waals surface area (Å²) in [6.45, 7) is 0.228. The first-order valence-electron chi connectivity index (χ1n) is 12.0. The van der Waals surface area contributed by atoms with E-state index in [9.17, 15) is 20.1 Å². The molecule has 0 spiro atoms. The lowest BCUT2D eigenvalue weighted by atomic mass is 9.89. The van der Waals surface area contributed by atoms with Gasteiger partial charge in [-0.25, -0.2) is 4.84 Å². The van der Waals surface area contributed by atoms with Crippen LogP contribution < -0.4 is 4.74 Å². The Morgan fingerprint density at radius 1 is 1.25 bits per heavy atom. The molecule has 1 aromatic rings. The molecule has 5 N–H and O–H groups in total. The maximum absolute atomic E-state index is 12.1. The molecule has 0 aromatic heterocycles. The highest BCUT2D eigenvalue weighted by atomic mass is 35.5. The largest absolute Gasteiger partial charge is 0.491 e. The number of hydrogen-bond donors (Lipinski definition) is 5. The Morgan fingerprint density at radius 3 is 2.75 bits per heavy atom. The Kier molecular flexibility index (Phi) is 13.4. The molecule has 11 heteroatoms. The number of hydrogen-bond acceptors (Lipinski definition) is 9. The predicted molar refractivity (Wildman–Crippen MR) is 132 cm³/mol. The van der Waals surface area contributed by atoms with Gasteiger partial charge in [0.25, 0.3) is 0 Å². The molecule has 1 aliphatic rings. The fourth-order valence-electron chi connectivity index (χ4n) is 4.07. The van der Waals surface area contributed by atoms with Gasteiger partial charge in [0.2, 0.25) is 5.91 Å². The van der Waals surface area contributed by atoms with Crippen molar-refractivity contribution >= 4 is 17.5 Å². The predicted octanol–water partition coefficient (Wildman–Crippen LogP) is 2.58. The van der Waals surface area contributed by atoms with Gasteiger partial charge in [-0.2, -0.15) is 0 Å². The number of halogens is 1. The topological polar surface area (TPSA) is 143 Å². The number of carbonyl (C=O) groups is 1. The van der Waals surface area contributed by atoms with Crippen molar-refractivity contribution in [2.75, 3.05) is 26.8 Å². The highest BCUT2D eigenvalue weighted by Gasteiger charge is 2.39. The SMILES string of the molecule is CN(CCON(O)O)C(=O)CCC/C=C\C[C@@H]1[C@@H](/C=C/[C@@H](O)COc2cccc(Cl)c2)[C@H](O)C[C@@H]1O. The number of aliphatic hydroxyl groups is 3. The van der Waals surface area contributed by atoms with Crippen LogP contribution in [0.4, 0.5) is 0 Å². The maximum Gasteiger partial charge on any atom is 0.222 e. The summed E-state index contributed by atoms with van der Waals surface area (Å²) in [7, 11) is 1.61. The van der Waals surface area contributed by atoms with Crippen LogP contribution in [0, 0.1) is 11.8 Å². The second-order valence-electron chi connectivity index (χ2n) is 8.83. The zero-order valence-corrected chi connectivity index (χ0v) is 21.2. The van der Waals surface area contributed by atoms with Crippen molar-refractivity contribution in [1.29, 1.82) is 0 Å². The second-order valence-corrected chi connectivity index (χ2v) is 9.27. The lowest BCUT2D eigenvalue weighted by Gasteiger charge is -2.19. The zero-order chi connectivity index (χ0) is 26.5. The number of allylic oxidation sites excluding steroid dienone is 2. The molecule has 1 fully saturated rings. The number of amides is 1. The first kappa shape index (κ1) is 30.2. The standard InChI is InChI=1S/C25H37ClN2O8/c1-27(13-14-36-28(33)34)25(32)10-5-3-2-4-9-21-22(24(31)16-23(21)30)12-11-19(29)17-35-20-8-6-7-18(26)15-20/h2,4,6-8,11-12,15,19,21-24,29-31,33-34H,3,5,9-10,13-14,16-17H2,1H3/b4-2-,12-11+/t19-,21-,22-,23+,24-/m1/s1. The van der Waals surface area contributed by atoms with E-state index in [2.05, 4.69) is 4.84 Å². The summed E-state index contributed by atoms with van der Waals surface area (Å²) in [5, 5.41) is 48.1. The number of nitrogens with zero attached hydrogens (tertiary/aromatic N) is 2. The van der Waals surface area contributed by atoms with Gasteiger partial charge in [0.1, 0.15) is 18.5 Å². The molecule has 0 unspecified atom stereocenters. The first-order valence-corrected chi connectivity index (χ1v) is 12.4. The van der Waals surface area contributed by atoms with Crippen molar-refractivity contribution in [2.24, 2.45) is 11.8 Å². The van der Waals surface area contributed by atoms with Gasteiger partial charge < -0.3 is 25.0 Å². The van der Waals surface area contributed by atoms with Gasteiger partial charge in [-0.3, -0.25) is 15.2 Å². The van der Waals surface area contributed by atoms with Crippen LogP contribution >= 0.6 is 11.6 Å². The minimum atomic E-state index is -0.876. The fraction of sp³-hybridized carbons (Fsp3) is 0.560. The number of rotatable bonds is 15. The molecule has 1 aliphatic carbocycles. The molecule has 1 aromatic carbocycles. The van der Waals surface area contributed by atoms with E-state index < -0.39 is 18.3 Å². The monoisotopic (exact) mass is 528 g/mol. The summed E-state index contributed by atoms with van der Waals surface area (Å²) in [4.78, 5) is 17.9. The van der Waals surface area contributed by atoms with Crippen molar-refractivity contribution in [2.45, 2.75) is 50.4 Å². The first-order chi connectivity index (χ1) is 17.2. The number of benzene rings is 1. The lowest BCUT2D eigenvalue weighted by Crippen LogP contribution is -2.31. The summed E-state index contributed by atoms with van der Waals surface area (Å²) in [6.07, 6.45) is 7.52. The third kappa shape index (κ3) is 10.9. The quantitative estimate of drug-likeness (QED) is 0.132. The van der Waals surface area contributed by atoms with Crippen molar-refractivity contribution < 1.29 is 40.1 Å². The van der Waals surface area contributed by atoms with Crippen LogP contribution in [0.15, 0.2) is 48.6 Å². The molecule has 0 saturated heterocycles. The highest BCUT2D eigenvalue weighted by molar-refractivity contribution is 6.30. The van der Waals surface area contributed by atoms with Crippen molar-refractivity contribution in [3.8, 4) is 5.75 Å². The van der Waals surface area contributed by atoms with Crippen molar-refractivity contribution in [1.82, 2.24) is 10.3 Å². The number of likely N-dealkylation sites (N-methyl/N-ethyl adjacent to an activating group) is 1. The fourth-order valence-corrected chi connectivity index (χ4v) is 4.25. The van der Waals surface area contributed by atoms with Crippen LogP contribution in [-0.4, -0.2) is 87.0 Å². The molecule has 1 amide bonds. The molecule has 10 nitrogen and oxygen atoms in total. The number of carbonyl (C=O) groups excluding carboxylic acids is 1. The average Bonchev–Trinajstić information content (AvgIpc) is 3.09. The van der Waals surface area contributed by atoms with Crippen LogP contribution in [0.1, 0.15) is 32.1 Å². The summed E-state index contributed by atoms with van der Waals surface area (Å²) in [6, 6.07) is 6.89. The summed E-state index contributed by atoms with van der Waals surface area (Å²) < 4.78 is 5.54. The van der Waals surface area contributed by atoms with Gasteiger partial charge in [-0.15, -0.1) is 0 Å².